The van der Waals surface area contributed by atoms with Crippen molar-refractivity contribution < 1.29 is 8.42 Å². The first kappa shape index (κ1) is 15.4. The van der Waals surface area contributed by atoms with Crippen LogP contribution < -0.4 is 4.72 Å². The number of nitriles is 1. The van der Waals surface area contributed by atoms with E-state index >= 15 is 0 Å². The lowest BCUT2D eigenvalue weighted by molar-refractivity contribution is 0.213. The number of likely N-dealkylation sites (tertiary alicyclic amines) is 1. The van der Waals surface area contributed by atoms with Gasteiger partial charge >= 0.3 is 0 Å². The van der Waals surface area contributed by atoms with E-state index in [1.165, 1.54) is 0 Å². The second kappa shape index (κ2) is 7.07. The fourth-order valence-electron chi connectivity index (χ4n) is 2.24. The van der Waals surface area contributed by atoms with Gasteiger partial charge in [-0.05, 0) is 51.7 Å². The van der Waals surface area contributed by atoms with E-state index in [4.69, 9.17) is 5.26 Å². The molecule has 0 radical (unpaired) electrons. The molecule has 104 valence electrons. The molecule has 1 aliphatic heterocycles. The summed E-state index contributed by atoms with van der Waals surface area (Å²) >= 11 is 0. The van der Waals surface area contributed by atoms with E-state index in [9.17, 15) is 8.42 Å². The summed E-state index contributed by atoms with van der Waals surface area (Å²) in [5.41, 5.74) is 0. The van der Waals surface area contributed by atoms with Crippen molar-refractivity contribution in [2.75, 3.05) is 26.7 Å². The third-order valence-electron chi connectivity index (χ3n) is 3.58. The Labute approximate surface area is 110 Å². The molecule has 1 rings (SSSR count). The fraction of sp³-hybridized carbons (Fsp3) is 0.917. The molecule has 18 heavy (non-hydrogen) atoms. The Bertz CT molecular complexity index is 381. The molecule has 0 aromatic rings. The van der Waals surface area contributed by atoms with Crippen LogP contribution in [0.5, 0.6) is 0 Å². The lowest BCUT2D eigenvalue weighted by Crippen LogP contribution is -2.36. The van der Waals surface area contributed by atoms with Crippen LogP contribution in [-0.2, 0) is 10.0 Å². The van der Waals surface area contributed by atoms with Gasteiger partial charge in [-0.3, -0.25) is 0 Å². The molecule has 0 spiro atoms. The van der Waals surface area contributed by atoms with Gasteiger partial charge in [-0.25, -0.2) is 13.1 Å². The normalized spacial score (nSPS) is 20.5. The Hall–Kier alpha value is -0.640. The van der Waals surface area contributed by atoms with E-state index in [1.54, 1.807) is 6.92 Å². The maximum Gasteiger partial charge on any atom is 0.227 e. The number of rotatable bonds is 6. The van der Waals surface area contributed by atoms with Crippen molar-refractivity contribution in [3.05, 3.63) is 0 Å². The number of sulfonamides is 1. The second-order valence-electron chi connectivity index (χ2n) is 5.00. The SMILES string of the molecule is CCC(C#N)S(=O)(=O)NCCC1CCN(C)CC1. The topological polar surface area (TPSA) is 73.2 Å². The molecule has 1 aliphatic rings. The zero-order valence-corrected chi connectivity index (χ0v) is 12.0. The first-order chi connectivity index (χ1) is 8.49. The van der Waals surface area contributed by atoms with Crippen LogP contribution in [0.4, 0.5) is 0 Å². The summed E-state index contributed by atoms with van der Waals surface area (Å²) in [6.07, 6.45) is 3.47. The van der Waals surface area contributed by atoms with Gasteiger partial charge in [0.25, 0.3) is 0 Å². The molecule has 0 aromatic heterocycles. The maximum atomic E-state index is 11.7. The highest BCUT2D eigenvalue weighted by Gasteiger charge is 2.23. The van der Waals surface area contributed by atoms with Crippen LogP contribution in [0.1, 0.15) is 32.6 Å². The number of nitrogens with zero attached hydrogens (tertiary/aromatic N) is 2. The van der Waals surface area contributed by atoms with Gasteiger partial charge < -0.3 is 4.90 Å². The summed E-state index contributed by atoms with van der Waals surface area (Å²) in [6.45, 7) is 4.35. The molecule has 0 aromatic carbocycles. The van der Waals surface area contributed by atoms with Crippen LogP contribution in [0.15, 0.2) is 0 Å². The van der Waals surface area contributed by atoms with Crippen LogP contribution in [0.3, 0.4) is 0 Å². The summed E-state index contributed by atoms with van der Waals surface area (Å²) in [7, 11) is -1.35. The van der Waals surface area contributed by atoms with Crippen molar-refractivity contribution in [3.8, 4) is 6.07 Å². The Morgan fingerprint density at radius 3 is 2.56 bits per heavy atom. The molecule has 1 saturated heterocycles. The van der Waals surface area contributed by atoms with Gasteiger partial charge in [0, 0.05) is 6.54 Å². The van der Waals surface area contributed by atoms with Gasteiger partial charge in [-0.15, -0.1) is 0 Å². The van der Waals surface area contributed by atoms with Gasteiger partial charge in [0.1, 0.15) is 0 Å². The van der Waals surface area contributed by atoms with Crippen LogP contribution in [0.2, 0.25) is 0 Å². The lowest BCUT2D eigenvalue weighted by atomic mass is 9.94. The lowest BCUT2D eigenvalue weighted by Gasteiger charge is -2.28. The first-order valence-electron chi connectivity index (χ1n) is 6.56. The van der Waals surface area contributed by atoms with Crippen LogP contribution >= 0.6 is 0 Å². The Balaban J connectivity index is 2.31. The maximum absolute atomic E-state index is 11.7. The third-order valence-corrected chi connectivity index (χ3v) is 5.38. The smallest absolute Gasteiger partial charge is 0.227 e. The minimum absolute atomic E-state index is 0.333. The second-order valence-corrected chi connectivity index (χ2v) is 6.95. The monoisotopic (exact) mass is 273 g/mol. The molecule has 1 fully saturated rings. The minimum Gasteiger partial charge on any atom is -0.306 e. The van der Waals surface area contributed by atoms with Crippen molar-refractivity contribution >= 4 is 10.0 Å². The third kappa shape index (κ3) is 4.56. The summed E-state index contributed by atoms with van der Waals surface area (Å²) < 4.78 is 26.0. The highest BCUT2D eigenvalue weighted by atomic mass is 32.2. The molecule has 1 heterocycles. The standard InChI is InChI=1S/C12H23N3O2S/c1-3-12(10-13)18(16,17)14-7-4-11-5-8-15(2)9-6-11/h11-12,14H,3-9H2,1-2H3. The summed E-state index contributed by atoms with van der Waals surface area (Å²) in [6, 6.07) is 1.83. The average Bonchev–Trinajstić information content (AvgIpc) is 2.32. The van der Waals surface area contributed by atoms with E-state index in [-0.39, 0.29) is 0 Å². The van der Waals surface area contributed by atoms with Crippen LogP contribution in [0.25, 0.3) is 0 Å². The van der Waals surface area contributed by atoms with E-state index in [0.29, 0.717) is 18.9 Å². The molecule has 0 aliphatic carbocycles. The van der Waals surface area contributed by atoms with Crippen molar-refractivity contribution in [1.29, 1.82) is 5.26 Å². The highest BCUT2D eigenvalue weighted by Crippen LogP contribution is 2.18. The Morgan fingerprint density at radius 1 is 1.44 bits per heavy atom. The molecule has 0 saturated carbocycles. The Kier molecular flexibility index (Phi) is 6.06. The van der Waals surface area contributed by atoms with Crippen molar-refractivity contribution in [2.24, 2.45) is 5.92 Å². The molecule has 6 heteroatoms. The predicted molar refractivity (Wildman–Crippen MR) is 71.5 cm³/mol. The van der Waals surface area contributed by atoms with E-state index in [2.05, 4.69) is 16.7 Å². The summed E-state index contributed by atoms with van der Waals surface area (Å²) in [4.78, 5) is 2.30. The number of piperidine rings is 1. The minimum atomic E-state index is -3.46. The molecule has 5 nitrogen and oxygen atoms in total. The zero-order chi connectivity index (χ0) is 13.6. The van der Waals surface area contributed by atoms with Gasteiger partial charge in [-0.1, -0.05) is 6.92 Å². The van der Waals surface area contributed by atoms with Crippen LogP contribution in [0, 0.1) is 17.2 Å². The fourth-order valence-corrected chi connectivity index (χ4v) is 3.42. The number of hydrogen-bond acceptors (Lipinski definition) is 4. The quantitative estimate of drug-likeness (QED) is 0.781. The van der Waals surface area contributed by atoms with Gasteiger partial charge in [0.15, 0.2) is 5.25 Å². The largest absolute Gasteiger partial charge is 0.306 e. The number of nitrogens with one attached hydrogen (secondary N) is 1. The zero-order valence-electron chi connectivity index (χ0n) is 11.2. The molecular formula is C12H23N3O2S. The van der Waals surface area contributed by atoms with Crippen molar-refractivity contribution in [3.63, 3.8) is 0 Å². The average molecular weight is 273 g/mol. The number of hydrogen-bond donors (Lipinski definition) is 1. The molecule has 0 amide bonds. The van der Waals surface area contributed by atoms with Crippen molar-refractivity contribution in [1.82, 2.24) is 9.62 Å². The molecular weight excluding hydrogens is 250 g/mol. The Morgan fingerprint density at radius 2 is 2.06 bits per heavy atom. The molecule has 1 atom stereocenters. The van der Waals surface area contributed by atoms with Gasteiger partial charge in [0.2, 0.25) is 10.0 Å². The first-order valence-corrected chi connectivity index (χ1v) is 8.11. The van der Waals surface area contributed by atoms with Crippen molar-refractivity contribution in [2.45, 2.75) is 37.9 Å². The highest BCUT2D eigenvalue weighted by molar-refractivity contribution is 7.90. The van der Waals surface area contributed by atoms with Gasteiger partial charge in [0.05, 0.1) is 6.07 Å². The van der Waals surface area contributed by atoms with Crippen LogP contribution in [-0.4, -0.2) is 45.2 Å². The predicted octanol–water partition coefficient (Wildman–Crippen LogP) is 0.940. The summed E-state index contributed by atoms with van der Waals surface area (Å²) in [5.74, 6) is 0.603. The van der Waals surface area contributed by atoms with Gasteiger partial charge in [-0.2, -0.15) is 5.26 Å². The summed E-state index contributed by atoms with van der Waals surface area (Å²) in [5, 5.41) is 7.84. The van der Waals surface area contributed by atoms with E-state index < -0.39 is 15.3 Å². The molecule has 1 unspecified atom stereocenters. The molecule has 0 bridgehead atoms. The van der Waals surface area contributed by atoms with E-state index in [0.717, 1.165) is 32.4 Å². The molecule has 1 N–H and O–H groups in total. The van der Waals surface area contributed by atoms with E-state index in [1.807, 2.05) is 6.07 Å².